The molecular weight excluding hydrogens is 681 g/mol. The highest BCUT2D eigenvalue weighted by atomic mass is 35.5. The van der Waals surface area contributed by atoms with Crippen LogP contribution in [0.25, 0.3) is 0 Å². The van der Waals surface area contributed by atoms with Crippen molar-refractivity contribution < 1.29 is 35.7 Å². The van der Waals surface area contributed by atoms with Crippen LogP contribution in [-0.4, -0.2) is 36.7 Å². The molecule has 0 saturated heterocycles. The van der Waals surface area contributed by atoms with Crippen molar-refractivity contribution in [2.45, 2.75) is 116 Å². The maximum absolute atomic E-state index is 13.2. The molecule has 0 saturated carbocycles. The van der Waals surface area contributed by atoms with E-state index in [2.05, 4.69) is 29.0 Å². The molecule has 0 aromatic heterocycles. The van der Waals surface area contributed by atoms with Crippen LogP contribution in [0, 0.1) is 5.82 Å². The first-order valence-corrected chi connectivity index (χ1v) is 19.9. The van der Waals surface area contributed by atoms with Crippen LogP contribution in [0.3, 0.4) is 0 Å². The van der Waals surface area contributed by atoms with Crippen LogP contribution in [0.15, 0.2) is 99.6 Å². The monoisotopic (exact) mass is 728 g/mol. The molecule has 0 aliphatic heterocycles. The predicted molar refractivity (Wildman–Crippen MR) is 187 cm³/mol. The normalized spacial score (nSPS) is 11.6. The van der Waals surface area contributed by atoms with E-state index in [1.54, 1.807) is 0 Å². The zero-order chi connectivity index (χ0) is 35.1. The Kier molecular flexibility index (Phi) is 20.6. The van der Waals surface area contributed by atoms with Crippen LogP contribution in [0.1, 0.15) is 96.3 Å². The molecular formula is C37H48ClF3O5S2. The maximum Gasteiger partial charge on any atom is 0.428 e. The first-order chi connectivity index (χ1) is 23.1. The van der Waals surface area contributed by atoms with Crippen molar-refractivity contribution in [2.75, 3.05) is 12.5 Å². The molecule has 3 aromatic rings. The van der Waals surface area contributed by atoms with E-state index in [9.17, 15) is 30.9 Å². The Morgan fingerprint density at radius 3 is 1.35 bits per heavy atom. The largest absolute Gasteiger partial charge is 0.743 e. The third-order valence-electron chi connectivity index (χ3n) is 7.57. The minimum atomic E-state index is -6.04. The van der Waals surface area contributed by atoms with Crippen LogP contribution in [-0.2, 0) is 30.5 Å². The fourth-order valence-electron chi connectivity index (χ4n) is 4.94. The fraction of sp³-hybridized carbons (Fsp3) is 0.486. The van der Waals surface area contributed by atoms with Gasteiger partial charge in [-0.1, -0.05) is 120 Å². The van der Waals surface area contributed by atoms with Crippen LogP contribution in [0.2, 0.25) is 0 Å². The molecule has 0 fully saturated rings. The molecule has 0 heterocycles. The lowest BCUT2D eigenvalue weighted by atomic mass is 10.0. The van der Waals surface area contributed by atoms with Gasteiger partial charge in [0.25, 0.3) is 0 Å². The number of hydrogen-bond acceptors (Lipinski definition) is 5. The van der Waals surface area contributed by atoms with E-state index in [1.165, 1.54) is 79.7 Å². The van der Waals surface area contributed by atoms with Gasteiger partial charge in [-0.2, -0.15) is 8.78 Å². The van der Waals surface area contributed by atoms with Crippen molar-refractivity contribution in [3.05, 3.63) is 90.7 Å². The molecule has 48 heavy (non-hydrogen) atoms. The number of carbonyl (C=O) groups is 1. The predicted octanol–water partition coefficient (Wildman–Crippen LogP) is 10.7. The summed E-state index contributed by atoms with van der Waals surface area (Å²) in [5.74, 6) is -1.72. The third kappa shape index (κ3) is 16.2. The van der Waals surface area contributed by atoms with E-state index in [1.807, 2.05) is 48.5 Å². The van der Waals surface area contributed by atoms with Crippen molar-refractivity contribution in [2.24, 2.45) is 0 Å². The summed E-state index contributed by atoms with van der Waals surface area (Å²) in [6.45, 7) is -0.310. The van der Waals surface area contributed by atoms with E-state index in [0.717, 1.165) is 36.5 Å². The topological polar surface area (TPSA) is 83.5 Å². The number of rotatable bonds is 22. The molecule has 11 heteroatoms. The second kappa shape index (κ2) is 23.8. The Labute approximate surface area is 292 Å². The first kappa shape index (κ1) is 41.6. The van der Waals surface area contributed by atoms with Gasteiger partial charge < -0.3 is 9.29 Å². The Hall–Kier alpha value is -2.53. The van der Waals surface area contributed by atoms with Gasteiger partial charge in [-0.05, 0) is 61.4 Å². The van der Waals surface area contributed by atoms with Crippen molar-refractivity contribution in [3.8, 4) is 0 Å². The first-order valence-electron chi connectivity index (χ1n) is 16.7. The molecule has 0 radical (unpaired) electrons. The number of hydrogen-bond donors (Lipinski definition) is 0. The highest BCUT2D eigenvalue weighted by molar-refractivity contribution is 7.97. The quantitative estimate of drug-likeness (QED) is 0.0338. The standard InChI is InChI=1S/C19H35ClF2O5S.C18H14FS/c20-16-14-12-10-8-6-4-2-1-3-5-7-9-11-13-15-17-27-18(23)19(21,22)28(24,25)26;19-15-11-13-18(14-12-15)20(16-7-3-1-4-8-16)17-9-5-2-6-10-17/h1-17H2,(H,24,25,26);1-14H/q;+1/p-1. The molecule has 0 unspecified atom stereocenters. The summed E-state index contributed by atoms with van der Waals surface area (Å²) in [4.78, 5) is 14.5. The van der Waals surface area contributed by atoms with Crippen molar-refractivity contribution in [1.29, 1.82) is 0 Å². The minimum Gasteiger partial charge on any atom is -0.743 e. The summed E-state index contributed by atoms with van der Waals surface area (Å²) in [6, 6.07) is 27.5. The van der Waals surface area contributed by atoms with Crippen molar-refractivity contribution in [3.63, 3.8) is 0 Å². The number of benzene rings is 3. The number of halogens is 4. The summed E-state index contributed by atoms with van der Waals surface area (Å²) in [6.07, 6.45) is 16.6. The number of ether oxygens (including phenoxy) is 1. The second-order valence-corrected chi connectivity index (χ2v) is 15.3. The molecule has 3 aromatic carbocycles. The van der Waals surface area contributed by atoms with Gasteiger partial charge in [0.05, 0.1) is 17.5 Å². The molecule has 0 aliphatic carbocycles. The van der Waals surface area contributed by atoms with E-state index >= 15 is 0 Å². The molecule has 0 amide bonds. The van der Waals surface area contributed by atoms with Crippen LogP contribution in [0.5, 0.6) is 0 Å². The Morgan fingerprint density at radius 1 is 0.625 bits per heavy atom. The van der Waals surface area contributed by atoms with E-state index in [4.69, 9.17) is 11.6 Å². The summed E-state index contributed by atoms with van der Waals surface area (Å²) in [5, 5.41) is -5.02. The summed E-state index contributed by atoms with van der Waals surface area (Å²) in [7, 11) is -6.23. The number of alkyl halides is 3. The average Bonchev–Trinajstić information content (AvgIpc) is 3.08. The summed E-state index contributed by atoms with van der Waals surface area (Å²) < 4.78 is 73.8. The van der Waals surface area contributed by atoms with Gasteiger partial charge in [0.1, 0.15) is 5.82 Å². The summed E-state index contributed by atoms with van der Waals surface area (Å²) in [5.41, 5.74) is 0. The van der Waals surface area contributed by atoms with Crippen molar-refractivity contribution in [1.82, 2.24) is 0 Å². The lowest BCUT2D eigenvalue weighted by molar-refractivity contribution is -0.161. The number of esters is 1. The third-order valence-corrected chi connectivity index (χ3v) is 10.9. The zero-order valence-electron chi connectivity index (χ0n) is 27.5. The van der Waals surface area contributed by atoms with Crippen LogP contribution in [0.4, 0.5) is 13.2 Å². The van der Waals surface area contributed by atoms with E-state index in [-0.39, 0.29) is 23.3 Å². The Bertz CT molecular complexity index is 1340. The lowest BCUT2D eigenvalue weighted by Crippen LogP contribution is -2.39. The fourth-order valence-corrected chi connectivity index (χ4v) is 7.47. The van der Waals surface area contributed by atoms with Gasteiger partial charge in [0, 0.05) is 5.88 Å². The van der Waals surface area contributed by atoms with Gasteiger partial charge in [0.2, 0.25) is 0 Å². The van der Waals surface area contributed by atoms with Gasteiger partial charge in [0.15, 0.2) is 24.8 Å². The number of unbranched alkanes of at least 4 members (excludes halogenated alkanes) is 14. The highest BCUT2D eigenvalue weighted by Gasteiger charge is 2.48. The van der Waals surface area contributed by atoms with Gasteiger partial charge in [-0.3, -0.25) is 0 Å². The average molecular weight is 729 g/mol. The molecule has 0 spiro atoms. The van der Waals surface area contributed by atoms with E-state index < -0.39 is 21.3 Å². The minimum absolute atomic E-state index is 0.190. The lowest BCUT2D eigenvalue weighted by Gasteiger charge is -2.17. The number of carbonyl (C=O) groups excluding carboxylic acids is 1. The van der Waals surface area contributed by atoms with Gasteiger partial charge >= 0.3 is 11.2 Å². The van der Waals surface area contributed by atoms with Gasteiger partial charge in [-0.25, -0.2) is 17.6 Å². The van der Waals surface area contributed by atoms with Crippen molar-refractivity contribution >= 4 is 38.6 Å². The molecule has 5 nitrogen and oxygen atoms in total. The molecule has 3 rings (SSSR count). The second-order valence-electron chi connectivity index (χ2n) is 11.5. The molecule has 0 aliphatic rings. The molecule has 266 valence electrons. The smallest absolute Gasteiger partial charge is 0.428 e. The van der Waals surface area contributed by atoms with Crippen LogP contribution < -0.4 is 0 Å². The summed E-state index contributed by atoms with van der Waals surface area (Å²) >= 11 is 5.64. The highest BCUT2D eigenvalue weighted by Crippen LogP contribution is 2.31. The molecule has 0 bridgehead atoms. The molecule has 0 N–H and O–H groups in total. The van der Waals surface area contributed by atoms with Gasteiger partial charge in [-0.15, -0.1) is 11.6 Å². The Balaban J connectivity index is 0.000000349. The van der Waals surface area contributed by atoms with Crippen LogP contribution >= 0.6 is 11.6 Å². The molecule has 0 atom stereocenters. The SMILES string of the molecule is Fc1ccc([S+](c2ccccc2)c2ccccc2)cc1.O=C(OCCCCCCCCCCCCCCCCCCl)C(F)(F)S(=O)(=O)[O-]. The van der Waals surface area contributed by atoms with E-state index in [0.29, 0.717) is 12.8 Å². The zero-order valence-corrected chi connectivity index (χ0v) is 29.9. The Morgan fingerprint density at radius 2 is 0.979 bits per heavy atom. The maximum atomic E-state index is 13.2.